The highest BCUT2D eigenvalue weighted by molar-refractivity contribution is 5.03. The Morgan fingerprint density at radius 1 is 0.933 bits per heavy atom. The molecule has 0 aromatic carbocycles. The van der Waals surface area contributed by atoms with E-state index in [-0.39, 0.29) is 5.41 Å². The third-order valence-electron chi connectivity index (χ3n) is 2.78. The summed E-state index contributed by atoms with van der Waals surface area (Å²) in [5.74, 6) is 0. The first-order valence-corrected chi connectivity index (χ1v) is 6.13. The van der Waals surface area contributed by atoms with Crippen molar-refractivity contribution in [3.63, 3.8) is 0 Å². The van der Waals surface area contributed by atoms with Gasteiger partial charge in [0, 0.05) is 18.6 Å². The largest absolute Gasteiger partial charge is 0.381 e. The van der Waals surface area contributed by atoms with Crippen molar-refractivity contribution in [2.45, 2.75) is 39.5 Å². The first-order chi connectivity index (χ1) is 7.33. The van der Waals surface area contributed by atoms with Crippen LogP contribution < -0.4 is 0 Å². The second-order valence-corrected chi connectivity index (χ2v) is 4.48. The van der Waals surface area contributed by atoms with E-state index < -0.39 is 0 Å². The number of hydrogen-bond donors (Lipinski definition) is 0. The van der Waals surface area contributed by atoms with Crippen LogP contribution in [-0.4, -0.2) is 26.4 Å². The van der Waals surface area contributed by atoms with Crippen LogP contribution in [0.3, 0.4) is 0 Å². The lowest BCUT2D eigenvalue weighted by molar-refractivity contribution is -0.0160. The third kappa shape index (κ3) is 4.35. The fourth-order valence-electron chi connectivity index (χ4n) is 1.89. The highest BCUT2D eigenvalue weighted by Crippen LogP contribution is 2.34. The molecule has 0 spiro atoms. The van der Waals surface area contributed by atoms with E-state index in [2.05, 4.69) is 26.0 Å². The Kier molecular flexibility index (Phi) is 5.96. The maximum Gasteiger partial charge on any atom is 0.0550 e. The first-order valence-electron chi connectivity index (χ1n) is 6.13. The molecule has 0 radical (unpaired) electrons. The van der Waals surface area contributed by atoms with E-state index in [1.807, 2.05) is 0 Å². The molecule has 0 fully saturated rings. The summed E-state index contributed by atoms with van der Waals surface area (Å²) < 4.78 is 11.4. The molecule has 0 heterocycles. The van der Waals surface area contributed by atoms with Crippen molar-refractivity contribution < 1.29 is 9.47 Å². The van der Waals surface area contributed by atoms with Gasteiger partial charge in [-0.05, 0) is 25.7 Å². The lowest BCUT2D eigenvalue weighted by atomic mass is 9.87. The minimum absolute atomic E-state index is 0.240. The molecule has 0 saturated carbocycles. The molecule has 1 aliphatic rings. The molecule has 0 aromatic heterocycles. The summed E-state index contributed by atoms with van der Waals surface area (Å²) in [6.07, 6.45) is 8.93. The fraction of sp³-hybridized carbons (Fsp3) is 0.846. The van der Waals surface area contributed by atoms with Crippen molar-refractivity contribution in [2.75, 3.05) is 26.4 Å². The van der Waals surface area contributed by atoms with Crippen molar-refractivity contribution in [2.24, 2.45) is 5.41 Å². The smallest absolute Gasteiger partial charge is 0.0550 e. The Labute approximate surface area is 93.7 Å². The van der Waals surface area contributed by atoms with E-state index >= 15 is 0 Å². The van der Waals surface area contributed by atoms with Crippen LogP contribution in [0.2, 0.25) is 0 Å². The van der Waals surface area contributed by atoms with Gasteiger partial charge in [-0.25, -0.2) is 0 Å². The number of ether oxygens (including phenoxy) is 2. The molecule has 0 aliphatic heterocycles. The van der Waals surface area contributed by atoms with Gasteiger partial charge in [0.25, 0.3) is 0 Å². The Hall–Kier alpha value is -0.340. The van der Waals surface area contributed by atoms with Crippen LogP contribution in [0.4, 0.5) is 0 Å². The van der Waals surface area contributed by atoms with Crippen LogP contribution in [-0.2, 0) is 9.47 Å². The highest BCUT2D eigenvalue weighted by Gasteiger charge is 2.31. The maximum absolute atomic E-state index is 5.68. The maximum atomic E-state index is 5.68. The van der Waals surface area contributed by atoms with Crippen LogP contribution in [0.5, 0.6) is 0 Å². The van der Waals surface area contributed by atoms with E-state index in [0.29, 0.717) is 0 Å². The molecule has 0 aromatic rings. The molecule has 0 unspecified atom stereocenters. The van der Waals surface area contributed by atoms with Crippen molar-refractivity contribution >= 4 is 0 Å². The summed E-state index contributed by atoms with van der Waals surface area (Å²) in [6, 6.07) is 0. The molecule has 2 nitrogen and oxygen atoms in total. The zero-order chi connectivity index (χ0) is 11.0. The Morgan fingerprint density at radius 3 is 1.80 bits per heavy atom. The van der Waals surface area contributed by atoms with Crippen molar-refractivity contribution in [1.82, 2.24) is 0 Å². The molecule has 0 amide bonds. The number of rotatable bonds is 8. The van der Waals surface area contributed by atoms with Gasteiger partial charge in [0.2, 0.25) is 0 Å². The van der Waals surface area contributed by atoms with Gasteiger partial charge in [-0.2, -0.15) is 0 Å². The van der Waals surface area contributed by atoms with Gasteiger partial charge < -0.3 is 9.47 Å². The van der Waals surface area contributed by atoms with Crippen LogP contribution in [0.25, 0.3) is 0 Å². The summed E-state index contributed by atoms with van der Waals surface area (Å²) in [5.41, 5.74) is 0.240. The van der Waals surface area contributed by atoms with Gasteiger partial charge in [0.1, 0.15) is 0 Å². The van der Waals surface area contributed by atoms with E-state index in [0.717, 1.165) is 52.1 Å². The van der Waals surface area contributed by atoms with Gasteiger partial charge in [-0.3, -0.25) is 0 Å². The van der Waals surface area contributed by atoms with Crippen LogP contribution in [0, 0.1) is 5.41 Å². The van der Waals surface area contributed by atoms with E-state index in [9.17, 15) is 0 Å². The van der Waals surface area contributed by atoms with Crippen molar-refractivity contribution in [3.05, 3.63) is 12.2 Å². The summed E-state index contributed by atoms with van der Waals surface area (Å²) >= 11 is 0. The van der Waals surface area contributed by atoms with Gasteiger partial charge in [-0.15, -0.1) is 0 Å². The Balaban J connectivity index is 2.27. The summed E-state index contributed by atoms with van der Waals surface area (Å²) in [5, 5.41) is 0. The van der Waals surface area contributed by atoms with Gasteiger partial charge in [-0.1, -0.05) is 26.0 Å². The molecule has 88 valence electrons. The standard InChI is InChI=1S/C13H24O2/c1-3-9-14-11-13(7-5-6-8-13)12-15-10-4-2/h5-6H,3-4,7-12H2,1-2H3. The molecule has 1 aliphatic carbocycles. The minimum atomic E-state index is 0.240. The molecular formula is C13H24O2. The molecule has 0 bridgehead atoms. The lowest BCUT2D eigenvalue weighted by Crippen LogP contribution is -2.30. The zero-order valence-corrected chi connectivity index (χ0v) is 10.1. The van der Waals surface area contributed by atoms with Crippen LogP contribution >= 0.6 is 0 Å². The predicted octanol–water partition coefficient (Wildman–Crippen LogP) is 3.18. The lowest BCUT2D eigenvalue weighted by Gasteiger charge is -2.28. The molecule has 15 heavy (non-hydrogen) atoms. The molecular weight excluding hydrogens is 188 g/mol. The van der Waals surface area contributed by atoms with Crippen LogP contribution in [0.15, 0.2) is 12.2 Å². The topological polar surface area (TPSA) is 18.5 Å². The van der Waals surface area contributed by atoms with Gasteiger partial charge >= 0.3 is 0 Å². The fourth-order valence-corrected chi connectivity index (χ4v) is 1.89. The van der Waals surface area contributed by atoms with Gasteiger partial charge in [0.05, 0.1) is 13.2 Å². The quantitative estimate of drug-likeness (QED) is 0.454. The average molecular weight is 212 g/mol. The molecule has 1 rings (SSSR count). The third-order valence-corrected chi connectivity index (χ3v) is 2.78. The summed E-state index contributed by atoms with van der Waals surface area (Å²) in [4.78, 5) is 0. The SMILES string of the molecule is CCCOCC1(COCCC)CC=CC1. The molecule has 2 heteroatoms. The predicted molar refractivity (Wildman–Crippen MR) is 63.0 cm³/mol. The number of hydrogen-bond acceptors (Lipinski definition) is 2. The zero-order valence-electron chi connectivity index (χ0n) is 10.1. The van der Waals surface area contributed by atoms with Gasteiger partial charge in [0.15, 0.2) is 0 Å². The van der Waals surface area contributed by atoms with E-state index in [1.54, 1.807) is 0 Å². The summed E-state index contributed by atoms with van der Waals surface area (Å²) in [6.45, 7) is 7.72. The highest BCUT2D eigenvalue weighted by atomic mass is 16.5. The van der Waals surface area contributed by atoms with E-state index in [4.69, 9.17) is 9.47 Å². The van der Waals surface area contributed by atoms with Crippen molar-refractivity contribution in [1.29, 1.82) is 0 Å². The summed E-state index contributed by atoms with van der Waals surface area (Å²) in [7, 11) is 0. The Morgan fingerprint density at radius 2 is 1.40 bits per heavy atom. The molecule has 0 atom stereocenters. The monoisotopic (exact) mass is 212 g/mol. The second kappa shape index (κ2) is 7.02. The molecule has 0 saturated heterocycles. The second-order valence-electron chi connectivity index (χ2n) is 4.48. The normalized spacial score (nSPS) is 18.5. The first kappa shape index (κ1) is 12.7. The number of allylic oxidation sites excluding steroid dienone is 2. The van der Waals surface area contributed by atoms with Crippen LogP contribution in [0.1, 0.15) is 39.5 Å². The van der Waals surface area contributed by atoms with E-state index in [1.165, 1.54) is 0 Å². The minimum Gasteiger partial charge on any atom is -0.381 e. The molecule has 0 N–H and O–H groups in total. The Bertz CT molecular complexity index is 167. The average Bonchev–Trinajstić information content (AvgIpc) is 2.68. The van der Waals surface area contributed by atoms with Crippen molar-refractivity contribution in [3.8, 4) is 0 Å².